The molecule has 58 valence electrons. The molecule has 0 aliphatic carbocycles. The SMILES string of the molecule is [N-]=[N+]1C(=O)c2ccccc2C1=O. The maximum Gasteiger partial charge on any atom is 0.417 e. The van der Waals surface area contributed by atoms with E-state index in [4.69, 9.17) is 5.53 Å². The normalized spacial score (nSPS) is 15.2. The van der Waals surface area contributed by atoms with E-state index < -0.39 is 11.8 Å². The molecule has 0 bridgehead atoms. The Morgan fingerprint density at radius 2 is 1.42 bits per heavy atom. The Kier molecular flexibility index (Phi) is 1.18. The van der Waals surface area contributed by atoms with Gasteiger partial charge in [-0.05, 0) is 12.1 Å². The predicted octanol–water partition coefficient (Wildman–Crippen LogP) is 1.01. The molecule has 0 aromatic heterocycles. The first-order chi connectivity index (χ1) is 5.72. The number of carbonyl (C=O) groups excluding carboxylic acids is 2. The third-order valence-electron chi connectivity index (χ3n) is 1.77. The Morgan fingerprint density at radius 3 is 1.83 bits per heavy atom. The molecule has 1 heterocycles. The van der Waals surface area contributed by atoms with E-state index >= 15 is 0 Å². The predicted molar refractivity (Wildman–Crippen MR) is 38.7 cm³/mol. The maximum atomic E-state index is 11.1. The van der Waals surface area contributed by atoms with Crippen molar-refractivity contribution in [3.05, 3.63) is 40.9 Å². The van der Waals surface area contributed by atoms with Gasteiger partial charge in [-0.3, -0.25) is 0 Å². The summed E-state index contributed by atoms with van der Waals surface area (Å²) in [7, 11) is 0. The van der Waals surface area contributed by atoms with Gasteiger partial charge in [-0.15, -0.1) is 0 Å². The van der Waals surface area contributed by atoms with Crippen LogP contribution >= 0.6 is 0 Å². The molecule has 0 fully saturated rings. The summed E-state index contributed by atoms with van der Waals surface area (Å²) in [4.78, 5) is 22.1. The van der Waals surface area contributed by atoms with Crippen molar-refractivity contribution in [3.8, 4) is 0 Å². The second kappa shape index (κ2) is 2.07. The molecule has 0 atom stereocenters. The first-order valence-electron chi connectivity index (χ1n) is 3.38. The molecule has 0 saturated heterocycles. The van der Waals surface area contributed by atoms with E-state index in [1.807, 2.05) is 0 Å². The number of rotatable bonds is 0. The third kappa shape index (κ3) is 0.661. The summed E-state index contributed by atoms with van der Waals surface area (Å²) in [6.07, 6.45) is 0. The quantitative estimate of drug-likeness (QED) is 0.420. The molecule has 1 aliphatic rings. The zero-order valence-corrected chi connectivity index (χ0v) is 6.02. The van der Waals surface area contributed by atoms with Crippen molar-refractivity contribution in [1.29, 1.82) is 0 Å². The fraction of sp³-hybridized carbons (Fsp3) is 0. The molecule has 2 amide bonds. The smallest absolute Gasteiger partial charge is 0.417 e. The minimum absolute atomic E-state index is 0.130. The van der Waals surface area contributed by atoms with E-state index in [1.54, 1.807) is 12.1 Å². The number of hydrogen-bond donors (Lipinski definition) is 0. The highest BCUT2D eigenvalue weighted by atomic mass is 16.2. The molecular formula is C8H4N2O2. The highest BCUT2D eigenvalue weighted by molar-refractivity contribution is 6.11. The Morgan fingerprint density at radius 1 is 1.00 bits per heavy atom. The van der Waals surface area contributed by atoms with Gasteiger partial charge in [0.1, 0.15) is 11.1 Å². The number of carbonyl (C=O) groups is 2. The van der Waals surface area contributed by atoms with Gasteiger partial charge in [0.25, 0.3) is 0 Å². The van der Waals surface area contributed by atoms with Crippen LogP contribution in [0.25, 0.3) is 5.53 Å². The van der Waals surface area contributed by atoms with Gasteiger partial charge >= 0.3 is 11.8 Å². The molecule has 0 N–H and O–H groups in total. The minimum Gasteiger partial charge on any atom is -0.487 e. The number of nitrogens with zero attached hydrogens (tertiary/aromatic N) is 2. The monoisotopic (exact) mass is 160 g/mol. The molecular weight excluding hydrogens is 156 g/mol. The van der Waals surface area contributed by atoms with Crippen molar-refractivity contribution >= 4 is 11.8 Å². The summed E-state index contributed by atoms with van der Waals surface area (Å²) >= 11 is 0. The van der Waals surface area contributed by atoms with E-state index in [-0.39, 0.29) is 15.8 Å². The first kappa shape index (κ1) is 6.84. The van der Waals surface area contributed by atoms with Gasteiger partial charge in [-0.1, -0.05) is 12.1 Å². The summed E-state index contributed by atoms with van der Waals surface area (Å²) < 4.78 is 0.130. The van der Waals surface area contributed by atoms with Crippen LogP contribution in [0.4, 0.5) is 0 Å². The lowest BCUT2D eigenvalue weighted by atomic mass is 10.1. The fourth-order valence-electron chi connectivity index (χ4n) is 1.18. The Labute approximate surface area is 67.9 Å². The van der Waals surface area contributed by atoms with Gasteiger partial charge in [0.15, 0.2) is 0 Å². The van der Waals surface area contributed by atoms with E-state index in [2.05, 4.69) is 0 Å². The lowest BCUT2D eigenvalue weighted by molar-refractivity contribution is -0.344. The Bertz CT molecular complexity index is 372. The van der Waals surface area contributed by atoms with Crippen molar-refractivity contribution in [2.45, 2.75) is 0 Å². The van der Waals surface area contributed by atoms with Gasteiger partial charge in [0, 0.05) is 0 Å². The molecule has 0 saturated carbocycles. The zero-order chi connectivity index (χ0) is 8.72. The van der Waals surface area contributed by atoms with Gasteiger partial charge < -0.3 is 5.53 Å². The van der Waals surface area contributed by atoms with Crippen LogP contribution in [-0.4, -0.2) is 16.5 Å². The standard InChI is InChI=1S/C8H4N2O2/c9-10-7(11)5-3-1-2-4-6(5)8(10)12/h1-4H. The van der Waals surface area contributed by atoms with E-state index in [0.717, 1.165) is 0 Å². The lowest BCUT2D eigenvalue weighted by Crippen LogP contribution is -2.13. The van der Waals surface area contributed by atoms with Crippen LogP contribution in [0.2, 0.25) is 0 Å². The highest BCUT2D eigenvalue weighted by Crippen LogP contribution is 2.18. The molecule has 2 rings (SSSR count). The van der Waals surface area contributed by atoms with E-state index in [1.165, 1.54) is 12.1 Å². The van der Waals surface area contributed by atoms with Crippen LogP contribution in [0, 0.1) is 0 Å². The molecule has 12 heavy (non-hydrogen) atoms. The molecule has 0 radical (unpaired) electrons. The number of fused-ring (bicyclic) bond motifs is 1. The molecule has 1 aromatic rings. The average molecular weight is 160 g/mol. The van der Waals surface area contributed by atoms with Crippen LogP contribution in [0.5, 0.6) is 0 Å². The van der Waals surface area contributed by atoms with Crippen molar-refractivity contribution < 1.29 is 14.3 Å². The number of imide groups is 1. The number of hydrogen-bond acceptors (Lipinski definition) is 2. The van der Waals surface area contributed by atoms with Crippen molar-refractivity contribution in [2.24, 2.45) is 0 Å². The Hall–Kier alpha value is -1.84. The molecule has 0 unspecified atom stereocenters. The Balaban J connectivity index is 2.76. The summed E-state index contributed by atoms with van der Waals surface area (Å²) in [5, 5.41) is 0. The fourth-order valence-corrected chi connectivity index (χ4v) is 1.18. The van der Waals surface area contributed by atoms with Crippen molar-refractivity contribution in [3.63, 3.8) is 0 Å². The molecule has 1 aromatic carbocycles. The van der Waals surface area contributed by atoms with Crippen molar-refractivity contribution in [1.82, 2.24) is 0 Å². The average Bonchev–Trinajstić information content (AvgIpc) is 2.33. The van der Waals surface area contributed by atoms with Crippen LogP contribution in [-0.2, 0) is 0 Å². The second-order valence-corrected chi connectivity index (χ2v) is 2.47. The maximum absolute atomic E-state index is 11.1. The number of amides is 2. The highest BCUT2D eigenvalue weighted by Gasteiger charge is 2.37. The van der Waals surface area contributed by atoms with Gasteiger partial charge in [0.05, 0.1) is 0 Å². The van der Waals surface area contributed by atoms with Gasteiger partial charge in [-0.25, -0.2) is 9.59 Å². The summed E-state index contributed by atoms with van der Waals surface area (Å²) in [5.41, 5.74) is 9.43. The third-order valence-corrected chi connectivity index (χ3v) is 1.77. The molecule has 4 nitrogen and oxygen atoms in total. The van der Waals surface area contributed by atoms with E-state index in [9.17, 15) is 9.59 Å². The zero-order valence-electron chi connectivity index (χ0n) is 6.02. The largest absolute Gasteiger partial charge is 0.487 e. The lowest BCUT2D eigenvalue weighted by Gasteiger charge is -1.85. The van der Waals surface area contributed by atoms with Crippen LogP contribution < -0.4 is 0 Å². The van der Waals surface area contributed by atoms with Crippen LogP contribution in [0.1, 0.15) is 20.7 Å². The minimum atomic E-state index is -0.657. The number of benzene rings is 1. The summed E-state index contributed by atoms with van der Waals surface area (Å²) in [6, 6.07) is 6.30. The van der Waals surface area contributed by atoms with Gasteiger partial charge in [0.2, 0.25) is 0 Å². The van der Waals surface area contributed by atoms with Crippen LogP contribution in [0.15, 0.2) is 24.3 Å². The van der Waals surface area contributed by atoms with Crippen molar-refractivity contribution in [2.75, 3.05) is 0 Å². The topological polar surface area (TPSA) is 59.5 Å². The van der Waals surface area contributed by atoms with Gasteiger partial charge in [-0.2, -0.15) is 4.70 Å². The second-order valence-electron chi connectivity index (χ2n) is 2.47. The first-order valence-corrected chi connectivity index (χ1v) is 3.38. The molecule has 0 spiro atoms. The van der Waals surface area contributed by atoms with E-state index in [0.29, 0.717) is 0 Å². The molecule has 1 aliphatic heterocycles. The van der Waals surface area contributed by atoms with Crippen LogP contribution in [0.3, 0.4) is 0 Å². The summed E-state index contributed by atoms with van der Waals surface area (Å²) in [6.45, 7) is 0. The molecule has 4 heteroatoms. The summed E-state index contributed by atoms with van der Waals surface area (Å²) in [5.74, 6) is -1.31.